The van der Waals surface area contributed by atoms with Gasteiger partial charge in [0.25, 0.3) is 0 Å². The molecule has 10 rings (SSSR count). The molecule has 9 aromatic rings. The molecule has 0 saturated heterocycles. The van der Waals surface area contributed by atoms with Crippen LogP contribution in [0.5, 0.6) is 0 Å². The first-order chi connectivity index (χ1) is 28.0. The number of aryl methyl sites for hydroxylation is 1. The lowest BCUT2D eigenvalue weighted by atomic mass is 9.81. The van der Waals surface area contributed by atoms with Crippen LogP contribution in [0.4, 0.5) is 47.3 Å². The standard InChI is InChI=1S/C53H39F3N2/c1-34-12-10-18-40(28-34)58(43-25-23-36-14-5-7-16-38(36)30-43)50-33-49-51(46-21-9-8-20-45(46)50)47-27-26-44(32-48(47)52(49,2)3)57(41-19-11-17-39(31-41)53(54,55)56)42-24-22-35-13-4-6-15-37(35)29-42/h4-33H,1-3H3. The molecule has 0 fully saturated rings. The Labute approximate surface area is 336 Å². The van der Waals surface area contributed by atoms with E-state index in [1.807, 2.05) is 41.3 Å². The van der Waals surface area contributed by atoms with Gasteiger partial charge in [-0.15, -0.1) is 0 Å². The van der Waals surface area contributed by atoms with E-state index in [1.54, 1.807) is 6.07 Å². The molecular formula is C53H39F3N2. The lowest BCUT2D eigenvalue weighted by molar-refractivity contribution is -0.137. The number of benzene rings is 9. The molecule has 0 heterocycles. The van der Waals surface area contributed by atoms with Crippen molar-refractivity contribution in [2.45, 2.75) is 32.4 Å². The highest BCUT2D eigenvalue weighted by molar-refractivity contribution is 6.10. The maximum absolute atomic E-state index is 14.2. The van der Waals surface area contributed by atoms with Gasteiger partial charge >= 0.3 is 6.18 Å². The molecule has 58 heavy (non-hydrogen) atoms. The maximum Gasteiger partial charge on any atom is 0.416 e. The zero-order valence-corrected chi connectivity index (χ0v) is 32.3. The van der Waals surface area contributed by atoms with Crippen molar-refractivity contribution < 1.29 is 13.2 Å². The average Bonchev–Trinajstić information content (AvgIpc) is 3.46. The van der Waals surface area contributed by atoms with E-state index in [0.717, 1.165) is 67.2 Å². The molecule has 282 valence electrons. The summed E-state index contributed by atoms with van der Waals surface area (Å²) >= 11 is 0. The van der Waals surface area contributed by atoms with E-state index in [4.69, 9.17) is 0 Å². The Balaban J connectivity index is 1.18. The van der Waals surface area contributed by atoms with Crippen LogP contribution in [0.25, 0.3) is 43.4 Å². The predicted molar refractivity (Wildman–Crippen MR) is 236 cm³/mol. The Bertz CT molecular complexity index is 3070. The third-order valence-electron chi connectivity index (χ3n) is 11.8. The van der Waals surface area contributed by atoms with Gasteiger partial charge in [0.05, 0.1) is 11.3 Å². The van der Waals surface area contributed by atoms with Gasteiger partial charge in [0, 0.05) is 39.2 Å². The number of hydrogen-bond donors (Lipinski definition) is 0. The summed E-state index contributed by atoms with van der Waals surface area (Å²) in [7, 11) is 0. The normalized spacial score (nSPS) is 13.1. The van der Waals surface area contributed by atoms with Gasteiger partial charge in [0.1, 0.15) is 0 Å². The number of halogens is 3. The SMILES string of the molecule is Cc1cccc(N(c2ccc3ccccc3c2)c2cc3c(c4ccccc24)-c2ccc(N(c4cccc(C(F)(F)F)c4)c4ccc5ccccc5c4)cc2C3(C)C)c1. The number of nitrogens with zero attached hydrogens (tertiary/aromatic N) is 2. The second-order valence-corrected chi connectivity index (χ2v) is 15.8. The quantitative estimate of drug-likeness (QED) is 0.167. The van der Waals surface area contributed by atoms with Crippen molar-refractivity contribution in [2.75, 3.05) is 9.80 Å². The molecular weight excluding hydrogens is 722 g/mol. The van der Waals surface area contributed by atoms with E-state index in [-0.39, 0.29) is 0 Å². The number of alkyl halides is 3. The van der Waals surface area contributed by atoms with Gasteiger partial charge in [-0.1, -0.05) is 123 Å². The summed E-state index contributed by atoms with van der Waals surface area (Å²) in [5.41, 5.74) is 9.89. The predicted octanol–water partition coefficient (Wildman–Crippen LogP) is 15.7. The fourth-order valence-electron chi connectivity index (χ4n) is 8.97. The summed E-state index contributed by atoms with van der Waals surface area (Å²) in [6.07, 6.45) is -4.48. The molecule has 0 unspecified atom stereocenters. The zero-order valence-electron chi connectivity index (χ0n) is 32.3. The van der Waals surface area contributed by atoms with Crippen LogP contribution in [-0.4, -0.2) is 0 Å². The van der Waals surface area contributed by atoms with Crippen LogP contribution in [-0.2, 0) is 11.6 Å². The molecule has 0 aliphatic heterocycles. The molecule has 0 spiro atoms. The van der Waals surface area contributed by atoms with Gasteiger partial charge in [-0.3, -0.25) is 0 Å². The van der Waals surface area contributed by atoms with Crippen LogP contribution in [0.2, 0.25) is 0 Å². The van der Waals surface area contributed by atoms with Gasteiger partial charge in [0.15, 0.2) is 0 Å². The summed E-state index contributed by atoms with van der Waals surface area (Å²) in [5.74, 6) is 0. The van der Waals surface area contributed by atoms with Crippen LogP contribution in [0.15, 0.2) is 182 Å². The molecule has 1 aliphatic rings. The van der Waals surface area contributed by atoms with Crippen molar-refractivity contribution in [3.8, 4) is 11.1 Å². The van der Waals surface area contributed by atoms with Crippen molar-refractivity contribution in [3.05, 3.63) is 204 Å². The molecule has 0 radical (unpaired) electrons. The van der Waals surface area contributed by atoms with E-state index in [1.165, 1.54) is 39.6 Å². The van der Waals surface area contributed by atoms with Gasteiger partial charge < -0.3 is 9.80 Å². The lowest BCUT2D eigenvalue weighted by Gasteiger charge is -2.30. The molecule has 1 aliphatic carbocycles. The highest BCUT2D eigenvalue weighted by atomic mass is 19.4. The molecule has 0 atom stereocenters. The number of anilines is 6. The Morgan fingerprint density at radius 3 is 1.62 bits per heavy atom. The van der Waals surface area contributed by atoms with Gasteiger partial charge in [-0.2, -0.15) is 13.2 Å². The molecule has 2 nitrogen and oxygen atoms in total. The smallest absolute Gasteiger partial charge is 0.310 e. The molecule has 0 bridgehead atoms. The first-order valence-electron chi connectivity index (χ1n) is 19.6. The highest BCUT2D eigenvalue weighted by Crippen LogP contribution is 2.56. The fourth-order valence-corrected chi connectivity index (χ4v) is 8.97. The van der Waals surface area contributed by atoms with E-state index >= 15 is 0 Å². The Morgan fingerprint density at radius 2 is 0.966 bits per heavy atom. The molecule has 0 aromatic heterocycles. The third kappa shape index (κ3) is 5.89. The van der Waals surface area contributed by atoms with Gasteiger partial charge in [0.2, 0.25) is 0 Å². The van der Waals surface area contributed by atoms with E-state index < -0.39 is 17.2 Å². The molecule has 0 saturated carbocycles. The van der Waals surface area contributed by atoms with E-state index in [2.05, 4.69) is 147 Å². The summed E-state index contributed by atoms with van der Waals surface area (Å²) in [5, 5.41) is 6.70. The largest absolute Gasteiger partial charge is 0.416 e. The summed E-state index contributed by atoms with van der Waals surface area (Å²) in [6, 6.07) is 60.9. The van der Waals surface area contributed by atoms with Crippen molar-refractivity contribution in [3.63, 3.8) is 0 Å². The summed E-state index contributed by atoms with van der Waals surface area (Å²) in [4.78, 5) is 4.32. The molecule has 5 heteroatoms. The first-order valence-corrected chi connectivity index (χ1v) is 19.6. The third-order valence-corrected chi connectivity index (χ3v) is 11.8. The monoisotopic (exact) mass is 760 g/mol. The Morgan fingerprint density at radius 1 is 0.431 bits per heavy atom. The number of hydrogen-bond acceptors (Lipinski definition) is 2. The first kappa shape index (κ1) is 35.6. The molecule has 0 N–H and O–H groups in total. The fraction of sp³-hybridized carbons (Fsp3) is 0.0943. The average molecular weight is 761 g/mol. The van der Waals surface area contributed by atoms with Crippen LogP contribution in [0.3, 0.4) is 0 Å². The lowest BCUT2D eigenvalue weighted by Crippen LogP contribution is -2.18. The van der Waals surface area contributed by atoms with E-state index in [0.29, 0.717) is 5.69 Å². The minimum absolute atomic E-state index is 0.440. The van der Waals surface area contributed by atoms with Crippen molar-refractivity contribution in [1.82, 2.24) is 0 Å². The Kier molecular flexibility index (Phi) is 8.20. The van der Waals surface area contributed by atoms with Crippen LogP contribution >= 0.6 is 0 Å². The summed E-state index contributed by atoms with van der Waals surface area (Å²) < 4.78 is 42.5. The minimum atomic E-state index is -4.48. The molecule has 0 amide bonds. The second kappa shape index (κ2) is 13.4. The van der Waals surface area contributed by atoms with Crippen molar-refractivity contribution in [2.24, 2.45) is 0 Å². The van der Waals surface area contributed by atoms with Crippen LogP contribution < -0.4 is 9.80 Å². The number of rotatable bonds is 6. The van der Waals surface area contributed by atoms with Crippen molar-refractivity contribution in [1.29, 1.82) is 0 Å². The second-order valence-electron chi connectivity index (χ2n) is 15.8. The van der Waals surface area contributed by atoms with E-state index in [9.17, 15) is 13.2 Å². The van der Waals surface area contributed by atoms with Crippen LogP contribution in [0, 0.1) is 6.92 Å². The van der Waals surface area contributed by atoms with Gasteiger partial charge in [-0.05, 0) is 134 Å². The summed E-state index contributed by atoms with van der Waals surface area (Å²) in [6.45, 7) is 6.65. The minimum Gasteiger partial charge on any atom is -0.310 e. The molecule has 9 aromatic carbocycles. The van der Waals surface area contributed by atoms with Crippen molar-refractivity contribution >= 4 is 66.4 Å². The zero-order chi connectivity index (χ0) is 39.8. The maximum atomic E-state index is 14.2. The number of fused-ring (bicyclic) bond motifs is 7. The Hall–Kier alpha value is -6.85. The van der Waals surface area contributed by atoms with Gasteiger partial charge in [-0.25, -0.2) is 0 Å². The van der Waals surface area contributed by atoms with Crippen LogP contribution in [0.1, 0.15) is 36.1 Å². The highest BCUT2D eigenvalue weighted by Gasteiger charge is 2.39. The topological polar surface area (TPSA) is 6.48 Å².